The van der Waals surface area contributed by atoms with Crippen molar-refractivity contribution in [2.45, 2.75) is 5.33 Å². The van der Waals surface area contributed by atoms with Crippen molar-refractivity contribution in [3.05, 3.63) is 33.1 Å². The van der Waals surface area contributed by atoms with Gasteiger partial charge in [-0.1, -0.05) is 15.9 Å². The quantitative estimate of drug-likeness (QED) is 0.589. The Balaban J connectivity index is 2.82. The Bertz CT molecular complexity index is 490. The number of carbonyl (C=O) groups is 1. The van der Waals surface area contributed by atoms with Gasteiger partial charge in [0.1, 0.15) is 6.29 Å². The van der Waals surface area contributed by atoms with E-state index < -0.39 is 0 Å². The maximum absolute atomic E-state index is 10.8. The van der Waals surface area contributed by atoms with Crippen molar-refractivity contribution in [2.24, 2.45) is 0 Å². The Morgan fingerprint density at radius 2 is 2.21 bits per heavy atom. The van der Waals surface area contributed by atoms with Gasteiger partial charge in [-0.2, -0.15) is 0 Å². The second-order valence-electron chi connectivity index (χ2n) is 2.85. The fourth-order valence-electron chi connectivity index (χ4n) is 1.41. The molecule has 1 heterocycles. The van der Waals surface area contributed by atoms with Crippen molar-refractivity contribution in [1.29, 1.82) is 0 Å². The summed E-state index contributed by atoms with van der Waals surface area (Å²) in [5.74, 6) is 0. The summed E-state index contributed by atoms with van der Waals surface area (Å²) in [4.78, 5) is 10.8. The van der Waals surface area contributed by atoms with Crippen LogP contribution in [0.5, 0.6) is 0 Å². The van der Waals surface area contributed by atoms with E-state index in [0.717, 1.165) is 26.6 Å². The largest absolute Gasteiger partial charge is 0.298 e. The highest BCUT2D eigenvalue weighted by Crippen LogP contribution is 2.33. The second-order valence-corrected chi connectivity index (χ2v) is 5.87. The molecule has 2 aromatic rings. The van der Waals surface area contributed by atoms with Crippen molar-refractivity contribution in [1.82, 2.24) is 0 Å². The first-order chi connectivity index (χ1) is 6.76. The molecule has 0 aliphatic rings. The van der Waals surface area contributed by atoms with E-state index in [1.807, 2.05) is 12.1 Å². The molecule has 2 rings (SSSR count). The van der Waals surface area contributed by atoms with Gasteiger partial charge in [0.05, 0.1) is 3.79 Å². The predicted octanol–water partition coefficient (Wildman–Crippen LogP) is 4.37. The van der Waals surface area contributed by atoms with Crippen molar-refractivity contribution < 1.29 is 4.79 Å². The average Bonchev–Trinajstić information content (AvgIpc) is 2.56. The van der Waals surface area contributed by atoms with Crippen molar-refractivity contribution >= 4 is 59.6 Å². The third kappa shape index (κ3) is 1.66. The van der Waals surface area contributed by atoms with E-state index in [1.165, 1.54) is 4.70 Å². The van der Waals surface area contributed by atoms with Gasteiger partial charge in [-0.05, 0) is 45.1 Å². The maximum atomic E-state index is 10.8. The molecule has 0 amide bonds. The molecule has 72 valence electrons. The lowest BCUT2D eigenvalue weighted by Crippen LogP contribution is -1.88. The van der Waals surface area contributed by atoms with Gasteiger partial charge < -0.3 is 0 Å². The number of alkyl halides is 1. The van der Waals surface area contributed by atoms with Crippen LogP contribution in [0.1, 0.15) is 15.9 Å². The van der Waals surface area contributed by atoms with Crippen LogP contribution < -0.4 is 0 Å². The Morgan fingerprint density at radius 1 is 1.43 bits per heavy atom. The Hall–Kier alpha value is -0.190. The van der Waals surface area contributed by atoms with Gasteiger partial charge in [-0.25, -0.2) is 0 Å². The first-order valence-corrected chi connectivity index (χ1v) is 6.71. The minimum Gasteiger partial charge on any atom is -0.298 e. The van der Waals surface area contributed by atoms with Gasteiger partial charge in [0.25, 0.3) is 0 Å². The zero-order valence-corrected chi connectivity index (χ0v) is 11.1. The number of rotatable bonds is 2. The summed E-state index contributed by atoms with van der Waals surface area (Å²) in [6, 6.07) is 5.92. The zero-order chi connectivity index (χ0) is 10.1. The summed E-state index contributed by atoms with van der Waals surface area (Å²) in [6.45, 7) is 0. The van der Waals surface area contributed by atoms with Crippen LogP contribution in [0.25, 0.3) is 10.1 Å². The highest BCUT2D eigenvalue weighted by molar-refractivity contribution is 9.11. The van der Waals surface area contributed by atoms with Crippen LogP contribution in [-0.4, -0.2) is 6.29 Å². The average molecular weight is 334 g/mol. The van der Waals surface area contributed by atoms with Crippen LogP contribution in [0.4, 0.5) is 0 Å². The summed E-state index contributed by atoms with van der Waals surface area (Å²) in [5.41, 5.74) is 1.83. The normalized spacial score (nSPS) is 10.7. The molecule has 0 aliphatic heterocycles. The molecule has 4 heteroatoms. The number of halogens is 2. The van der Waals surface area contributed by atoms with Crippen molar-refractivity contribution in [3.63, 3.8) is 0 Å². The van der Waals surface area contributed by atoms with E-state index in [9.17, 15) is 4.79 Å². The van der Waals surface area contributed by atoms with Crippen molar-refractivity contribution in [3.8, 4) is 0 Å². The monoisotopic (exact) mass is 332 g/mol. The topological polar surface area (TPSA) is 17.1 Å². The van der Waals surface area contributed by atoms with Crippen LogP contribution in [-0.2, 0) is 5.33 Å². The molecule has 0 radical (unpaired) electrons. The summed E-state index contributed by atoms with van der Waals surface area (Å²) in [6.07, 6.45) is 0.904. The number of benzene rings is 1. The number of fused-ring (bicyclic) bond motifs is 1. The SMILES string of the molecule is O=Cc1ccc2sc(Br)cc2c1CBr. The van der Waals surface area contributed by atoms with Gasteiger partial charge in [0.2, 0.25) is 0 Å². The molecule has 0 fully saturated rings. The van der Waals surface area contributed by atoms with E-state index in [1.54, 1.807) is 11.3 Å². The molecule has 0 spiro atoms. The molecule has 0 saturated carbocycles. The molecule has 0 bridgehead atoms. The highest BCUT2D eigenvalue weighted by Gasteiger charge is 2.08. The minimum absolute atomic E-state index is 0.710. The van der Waals surface area contributed by atoms with Crippen LogP contribution in [0.3, 0.4) is 0 Å². The number of aldehydes is 1. The lowest BCUT2D eigenvalue weighted by Gasteiger charge is -2.01. The first kappa shape index (κ1) is 10.3. The molecular formula is C10H6Br2OS. The summed E-state index contributed by atoms with van der Waals surface area (Å²) in [7, 11) is 0. The number of carbonyl (C=O) groups excluding carboxylic acids is 1. The smallest absolute Gasteiger partial charge is 0.150 e. The molecule has 1 nitrogen and oxygen atoms in total. The first-order valence-electron chi connectivity index (χ1n) is 3.98. The Kier molecular flexibility index (Phi) is 3.04. The number of hydrogen-bond donors (Lipinski definition) is 0. The molecule has 0 unspecified atom stereocenters. The molecule has 0 aliphatic carbocycles. The number of thiophene rings is 1. The van der Waals surface area contributed by atoms with E-state index >= 15 is 0 Å². The van der Waals surface area contributed by atoms with E-state index in [0.29, 0.717) is 5.33 Å². The fourth-order valence-corrected chi connectivity index (χ4v) is 3.61. The second kappa shape index (κ2) is 4.13. The zero-order valence-electron chi connectivity index (χ0n) is 7.09. The lowest BCUT2D eigenvalue weighted by atomic mass is 10.1. The van der Waals surface area contributed by atoms with Gasteiger partial charge in [-0.15, -0.1) is 11.3 Å². The molecule has 0 atom stereocenters. The van der Waals surface area contributed by atoms with Gasteiger partial charge in [-0.3, -0.25) is 4.79 Å². The van der Waals surface area contributed by atoms with Gasteiger partial charge in [0.15, 0.2) is 0 Å². The van der Waals surface area contributed by atoms with E-state index in [4.69, 9.17) is 0 Å². The predicted molar refractivity (Wildman–Crippen MR) is 67.5 cm³/mol. The maximum Gasteiger partial charge on any atom is 0.150 e. The Morgan fingerprint density at radius 3 is 2.86 bits per heavy atom. The summed E-state index contributed by atoms with van der Waals surface area (Å²) >= 11 is 8.54. The molecule has 0 N–H and O–H groups in total. The van der Waals surface area contributed by atoms with E-state index in [-0.39, 0.29) is 0 Å². The summed E-state index contributed by atoms with van der Waals surface area (Å²) < 4.78 is 2.30. The third-order valence-electron chi connectivity index (χ3n) is 2.08. The molecule has 1 aromatic carbocycles. The molecular weight excluding hydrogens is 328 g/mol. The summed E-state index contributed by atoms with van der Waals surface area (Å²) in [5, 5.41) is 1.87. The Labute approximate surface area is 102 Å². The highest BCUT2D eigenvalue weighted by atomic mass is 79.9. The third-order valence-corrected chi connectivity index (χ3v) is 4.24. The van der Waals surface area contributed by atoms with Gasteiger partial charge >= 0.3 is 0 Å². The standard InChI is InChI=1S/C10H6Br2OS/c11-4-8-6(5-13)1-2-9-7(8)3-10(12)14-9/h1-3,5H,4H2. The lowest BCUT2D eigenvalue weighted by molar-refractivity contribution is 0.112. The van der Waals surface area contributed by atoms with Crippen LogP contribution in [0.2, 0.25) is 0 Å². The van der Waals surface area contributed by atoms with E-state index in [2.05, 4.69) is 37.9 Å². The minimum atomic E-state index is 0.710. The van der Waals surface area contributed by atoms with Crippen LogP contribution >= 0.6 is 43.2 Å². The molecule has 14 heavy (non-hydrogen) atoms. The van der Waals surface area contributed by atoms with Gasteiger partial charge in [0, 0.05) is 15.6 Å². The van der Waals surface area contributed by atoms with Crippen LogP contribution in [0, 0.1) is 0 Å². The molecule has 0 saturated heterocycles. The van der Waals surface area contributed by atoms with Crippen LogP contribution in [0.15, 0.2) is 22.0 Å². The van der Waals surface area contributed by atoms with Crippen molar-refractivity contribution in [2.75, 3.05) is 0 Å². The number of hydrogen-bond acceptors (Lipinski definition) is 2. The fraction of sp³-hybridized carbons (Fsp3) is 0.100. The molecule has 1 aromatic heterocycles.